The monoisotopic (exact) mass is 613 g/mol. The molecule has 1 saturated heterocycles. The van der Waals surface area contributed by atoms with E-state index < -0.39 is 18.1 Å². The highest BCUT2D eigenvalue weighted by Crippen LogP contribution is 2.32. The number of oxime groups is 1. The molecule has 0 aliphatic carbocycles. The Hall–Kier alpha value is -4.06. The lowest BCUT2D eigenvalue weighted by atomic mass is 9.99. The first-order valence-electron chi connectivity index (χ1n) is 15.1. The minimum absolute atomic E-state index is 0.00261. The number of likely N-dealkylation sites (tertiary alicyclic amines) is 1. The molecule has 13 heteroatoms. The van der Waals surface area contributed by atoms with Crippen LogP contribution in [-0.4, -0.2) is 81.1 Å². The highest BCUT2D eigenvalue weighted by atomic mass is 16.7. The maximum absolute atomic E-state index is 13.6. The second-order valence-electron chi connectivity index (χ2n) is 10.2. The number of carbonyl (C=O) groups excluding carboxylic acids is 2. The van der Waals surface area contributed by atoms with Gasteiger partial charge < -0.3 is 33.4 Å². The topological polar surface area (TPSA) is 154 Å². The lowest BCUT2D eigenvalue weighted by Crippen LogP contribution is -2.37. The minimum Gasteiger partial charge on any atom is -0.467 e. The molecule has 1 aromatic carbocycles. The lowest BCUT2D eigenvalue weighted by Gasteiger charge is -2.26. The van der Waals surface area contributed by atoms with Crippen molar-refractivity contribution in [3.63, 3.8) is 0 Å². The molecular weight excluding hydrogens is 570 g/mol. The number of ether oxygens (including phenoxy) is 5. The third-order valence-electron chi connectivity index (χ3n) is 6.85. The zero-order valence-corrected chi connectivity index (χ0v) is 25.8. The van der Waals surface area contributed by atoms with Gasteiger partial charge in [0.15, 0.2) is 20.2 Å². The number of benzene rings is 1. The van der Waals surface area contributed by atoms with Crippen LogP contribution in [-0.2, 0) is 30.3 Å². The van der Waals surface area contributed by atoms with Crippen LogP contribution in [0.3, 0.4) is 0 Å². The Balaban J connectivity index is 2.02. The van der Waals surface area contributed by atoms with Gasteiger partial charge in [-0.1, -0.05) is 28.5 Å². The van der Waals surface area contributed by atoms with Crippen LogP contribution in [0.1, 0.15) is 68.8 Å². The van der Waals surface area contributed by atoms with E-state index in [0.717, 1.165) is 19.3 Å². The molecule has 0 bridgehead atoms. The van der Waals surface area contributed by atoms with Crippen LogP contribution in [0.5, 0.6) is 11.5 Å². The fourth-order valence-electron chi connectivity index (χ4n) is 4.61. The van der Waals surface area contributed by atoms with Gasteiger partial charge in [-0.15, -0.1) is 0 Å². The van der Waals surface area contributed by atoms with Gasteiger partial charge in [0, 0.05) is 50.1 Å². The number of fused-ring (bicyclic) bond motifs is 1. The number of piperidine rings is 1. The third-order valence-corrected chi connectivity index (χ3v) is 6.85. The molecule has 1 amide bonds. The Kier molecular flexibility index (Phi) is 15.1. The Bertz CT molecular complexity index is 1220. The van der Waals surface area contributed by atoms with Gasteiger partial charge in [0.25, 0.3) is 5.91 Å². The highest BCUT2D eigenvalue weighted by molar-refractivity contribution is 6.00. The second kappa shape index (κ2) is 19.3. The second-order valence-corrected chi connectivity index (χ2v) is 10.2. The van der Waals surface area contributed by atoms with Crippen molar-refractivity contribution in [1.29, 1.82) is 0 Å². The molecule has 2 aliphatic heterocycles. The highest BCUT2D eigenvalue weighted by Gasteiger charge is 2.24. The van der Waals surface area contributed by atoms with Crippen molar-refractivity contribution in [1.82, 2.24) is 4.90 Å². The largest absolute Gasteiger partial charge is 0.467 e. The summed E-state index contributed by atoms with van der Waals surface area (Å²) in [6.07, 6.45) is 10.6. The quantitative estimate of drug-likeness (QED) is 0.0438. The molecule has 0 N–H and O–H groups in total. The summed E-state index contributed by atoms with van der Waals surface area (Å²) in [5.41, 5.74) is 10.1. The predicted molar refractivity (Wildman–Crippen MR) is 164 cm³/mol. The van der Waals surface area contributed by atoms with E-state index in [-0.39, 0.29) is 43.8 Å². The molecule has 0 radical (unpaired) electrons. The summed E-state index contributed by atoms with van der Waals surface area (Å²) < 4.78 is 28.2. The van der Waals surface area contributed by atoms with Crippen LogP contribution in [0.25, 0.3) is 10.4 Å². The maximum Gasteiger partial charge on any atom is 0.342 e. The van der Waals surface area contributed by atoms with E-state index in [9.17, 15) is 9.59 Å². The number of carbonyl (C=O) groups is 2. The van der Waals surface area contributed by atoms with Gasteiger partial charge >= 0.3 is 5.97 Å². The Morgan fingerprint density at radius 3 is 2.55 bits per heavy atom. The van der Waals surface area contributed by atoms with Crippen molar-refractivity contribution >= 4 is 17.6 Å². The van der Waals surface area contributed by atoms with Gasteiger partial charge in [-0.3, -0.25) is 4.79 Å². The normalized spacial score (nSPS) is 20.2. The summed E-state index contributed by atoms with van der Waals surface area (Å²) in [6.45, 7) is 7.45. The van der Waals surface area contributed by atoms with Crippen molar-refractivity contribution < 1.29 is 38.1 Å². The molecule has 1 fully saturated rings. The van der Waals surface area contributed by atoms with E-state index in [1.54, 1.807) is 36.1 Å². The molecule has 2 heterocycles. The summed E-state index contributed by atoms with van der Waals surface area (Å²) in [4.78, 5) is 36.6. The van der Waals surface area contributed by atoms with Crippen LogP contribution < -0.4 is 9.47 Å². The number of hydrogen-bond donors (Lipinski definition) is 0. The first-order chi connectivity index (χ1) is 21.4. The van der Waals surface area contributed by atoms with Crippen molar-refractivity contribution in [2.75, 3.05) is 46.5 Å². The molecule has 3 rings (SSSR count). The van der Waals surface area contributed by atoms with Gasteiger partial charge in [0.05, 0.1) is 11.8 Å². The molecule has 1 aromatic rings. The third kappa shape index (κ3) is 11.6. The first-order valence-corrected chi connectivity index (χ1v) is 15.1. The number of allylic oxidation sites excluding steroid dienone is 1. The SMILES string of the molecule is CCOCOc1cc2c(c(OCOCC)c1)C(=O)O[C@H](C)CC=C[C@H](N=[N+]=[N-])CC=CC(=NOCC(=O)N1CCCCC1)C2. The van der Waals surface area contributed by atoms with E-state index in [1.165, 1.54) is 0 Å². The van der Waals surface area contributed by atoms with Gasteiger partial charge in [-0.05, 0) is 69.7 Å². The number of azide groups is 1. The Morgan fingerprint density at radius 1 is 1.07 bits per heavy atom. The summed E-state index contributed by atoms with van der Waals surface area (Å²) >= 11 is 0. The molecule has 0 unspecified atom stereocenters. The summed E-state index contributed by atoms with van der Waals surface area (Å²) in [7, 11) is 0. The summed E-state index contributed by atoms with van der Waals surface area (Å²) in [5, 5.41) is 8.13. The predicted octanol–water partition coefficient (Wildman–Crippen LogP) is 5.49. The molecule has 44 heavy (non-hydrogen) atoms. The number of amides is 1. The van der Waals surface area contributed by atoms with Crippen LogP contribution in [0.2, 0.25) is 0 Å². The van der Waals surface area contributed by atoms with E-state index in [4.69, 9.17) is 34.1 Å². The molecule has 2 atom stereocenters. The van der Waals surface area contributed by atoms with E-state index >= 15 is 0 Å². The van der Waals surface area contributed by atoms with E-state index in [0.29, 0.717) is 56.2 Å². The molecule has 0 saturated carbocycles. The first kappa shape index (κ1) is 34.4. The van der Waals surface area contributed by atoms with Gasteiger partial charge in [-0.25, -0.2) is 4.79 Å². The van der Waals surface area contributed by atoms with Gasteiger partial charge in [0.1, 0.15) is 23.2 Å². The van der Waals surface area contributed by atoms with Crippen molar-refractivity contribution in [3.05, 3.63) is 58.0 Å². The number of hydrogen-bond acceptors (Lipinski definition) is 10. The smallest absolute Gasteiger partial charge is 0.342 e. The van der Waals surface area contributed by atoms with Crippen molar-refractivity contribution in [2.45, 2.75) is 71.4 Å². The molecule has 2 aliphatic rings. The average molecular weight is 614 g/mol. The van der Waals surface area contributed by atoms with Crippen LogP contribution in [0.15, 0.2) is 46.7 Å². The summed E-state index contributed by atoms with van der Waals surface area (Å²) in [5.74, 6) is -0.114. The number of cyclic esters (lactones) is 1. The molecular formula is C31H43N5O8. The van der Waals surface area contributed by atoms with Crippen LogP contribution in [0, 0.1) is 0 Å². The number of nitrogens with zero attached hydrogens (tertiary/aromatic N) is 5. The van der Waals surface area contributed by atoms with E-state index in [1.807, 2.05) is 26.0 Å². The number of rotatable bonds is 12. The fourth-order valence-corrected chi connectivity index (χ4v) is 4.61. The summed E-state index contributed by atoms with van der Waals surface area (Å²) in [6, 6.07) is 2.84. The Labute approximate surface area is 258 Å². The fraction of sp³-hybridized carbons (Fsp3) is 0.581. The maximum atomic E-state index is 13.6. The Morgan fingerprint density at radius 2 is 1.82 bits per heavy atom. The van der Waals surface area contributed by atoms with E-state index in [2.05, 4.69) is 15.2 Å². The standard InChI is InChI=1S/C31H43N5O8/c1-4-39-21-41-27-18-24-17-26(34-43-20-29(37)36-15-7-6-8-16-36)14-10-13-25(33-35-32)12-9-11-23(3)44-31(38)30(24)28(19-27)42-22-40-5-2/h9-10,12,14,18-19,23,25H,4-8,11,13,15-17,20-22H2,1-3H3/t23-,25+/m1/s1. The molecule has 240 valence electrons. The lowest BCUT2D eigenvalue weighted by molar-refractivity contribution is -0.137. The average Bonchev–Trinajstić information content (AvgIpc) is 3.01. The molecule has 13 nitrogen and oxygen atoms in total. The van der Waals surface area contributed by atoms with Crippen LogP contribution >= 0.6 is 0 Å². The van der Waals surface area contributed by atoms with Gasteiger partial charge in [0.2, 0.25) is 0 Å². The molecule has 0 spiro atoms. The molecule has 0 aromatic heterocycles. The van der Waals surface area contributed by atoms with Crippen LogP contribution in [0.4, 0.5) is 0 Å². The number of esters is 1. The zero-order chi connectivity index (χ0) is 31.6. The van der Waals surface area contributed by atoms with Crippen molar-refractivity contribution in [2.24, 2.45) is 10.3 Å². The zero-order valence-electron chi connectivity index (χ0n) is 25.8. The van der Waals surface area contributed by atoms with Gasteiger partial charge in [-0.2, -0.15) is 0 Å². The van der Waals surface area contributed by atoms with Crippen molar-refractivity contribution in [3.8, 4) is 11.5 Å². The minimum atomic E-state index is -0.600.